The van der Waals surface area contributed by atoms with Crippen molar-refractivity contribution in [3.8, 4) is 0 Å². The smallest absolute Gasteiger partial charge is 0.318 e. The normalized spacial score (nSPS) is 10.5. The summed E-state index contributed by atoms with van der Waals surface area (Å²) in [6.45, 7) is 4.02. The molecule has 0 aliphatic carbocycles. The lowest BCUT2D eigenvalue weighted by atomic mass is 10.1. The van der Waals surface area contributed by atoms with Gasteiger partial charge >= 0.3 is 6.03 Å². The highest BCUT2D eigenvalue weighted by molar-refractivity contribution is 5.74. The minimum absolute atomic E-state index is 0.128. The fraction of sp³-hybridized carbons (Fsp3) is 0.353. The zero-order valence-corrected chi connectivity index (χ0v) is 13.0. The van der Waals surface area contributed by atoms with Crippen LogP contribution >= 0.6 is 0 Å². The highest BCUT2D eigenvalue weighted by Gasteiger charge is 2.14. The first-order chi connectivity index (χ1) is 10.7. The first kappa shape index (κ1) is 16.1. The molecule has 5 heteroatoms. The number of aryl methyl sites for hydroxylation is 1. The molecule has 2 aromatic rings. The third-order valence-corrected chi connectivity index (χ3v) is 3.47. The number of ether oxygens (including phenoxy) is 1. The van der Waals surface area contributed by atoms with Crippen molar-refractivity contribution in [2.24, 2.45) is 0 Å². The second kappa shape index (κ2) is 8.24. The summed E-state index contributed by atoms with van der Waals surface area (Å²) in [6.07, 6.45) is 1.59. The molecule has 1 aromatic carbocycles. The molecule has 0 radical (unpaired) electrons. The first-order valence-electron chi connectivity index (χ1n) is 7.29. The number of nitrogens with one attached hydrogen (secondary N) is 1. The molecule has 0 saturated carbocycles. The van der Waals surface area contributed by atoms with Gasteiger partial charge in [0.05, 0.1) is 19.4 Å². The minimum atomic E-state index is -0.128. The average molecular weight is 302 g/mol. The first-order valence-corrected chi connectivity index (χ1v) is 7.29. The number of carbonyl (C=O) groups excluding carboxylic acids is 1. The van der Waals surface area contributed by atoms with Gasteiger partial charge in [-0.3, -0.25) is 0 Å². The Balaban J connectivity index is 1.98. The van der Waals surface area contributed by atoms with Crippen LogP contribution in [0.5, 0.6) is 0 Å². The van der Waals surface area contributed by atoms with Gasteiger partial charge < -0.3 is 19.4 Å². The summed E-state index contributed by atoms with van der Waals surface area (Å²) >= 11 is 0. The Bertz CT molecular complexity index is 581. The van der Waals surface area contributed by atoms with Crippen LogP contribution in [0.3, 0.4) is 0 Å². The van der Waals surface area contributed by atoms with E-state index >= 15 is 0 Å². The molecular weight excluding hydrogens is 280 g/mol. The Morgan fingerprint density at radius 1 is 1.27 bits per heavy atom. The monoisotopic (exact) mass is 302 g/mol. The van der Waals surface area contributed by atoms with Crippen molar-refractivity contribution in [2.75, 3.05) is 20.3 Å². The Morgan fingerprint density at radius 3 is 2.77 bits per heavy atom. The van der Waals surface area contributed by atoms with E-state index in [-0.39, 0.29) is 6.03 Å². The summed E-state index contributed by atoms with van der Waals surface area (Å²) in [5.41, 5.74) is 2.30. The number of furan rings is 1. The summed E-state index contributed by atoms with van der Waals surface area (Å²) < 4.78 is 10.3. The standard InChI is InChI=1S/C17H22N2O3/c1-14-6-3-4-7-15(14)13-19(9-11-21-2)17(20)18-12-16-8-5-10-22-16/h3-8,10H,9,11-13H2,1-2H3,(H,18,20). The molecule has 0 unspecified atom stereocenters. The van der Waals surface area contributed by atoms with Gasteiger partial charge in [-0.15, -0.1) is 0 Å². The quantitative estimate of drug-likeness (QED) is 0.855. The van der Waals surface area contributed by atoms with Crippen LogP contribution < -0.4 is 5.32 Å². The van der Waals surface area contributed by atoms with Gasteiger partial charge in [0, 0.05) is 20.2 Å². The zero-order valence-electron chi connectivity index (χ0n) is 13.0. The van der Waals surface area contributed by atoms with Crippen molar-refractivity contribution in [3.63, 3.8) is 0 Å². The number of hydrogen-bond acceptors (Lipinski definition) is 3. The lowest BCUT2D eigenvalue weighted by molar-refractivity contribution is 0.146. The predicted octanol–water partition coefficient (Wildman–Crippen LogP) is 2.95. The zero-order chi connectivity index (χ0) is 15.8. The van der Waals surface area contributed by atoms with Crippen LogP contribution in [0.2, 0.25) is 0 Å². The molecule has 0 aliphatic heterocycles. The van der Waals surface area contributed by atoms with Crippen molar-refractivity contribution in [2.45, 2.75) is 20.0 Å². The molecule has 0 saturated heterocycles. The number of hydrogen-bond donors (Lipinski definition) is 1. The van der Waals surface area contributed by atoms with E-state index in [4.69, 9.17) is 9.15 Å². The molecule has 118 valence electrons. The number of amides is 2. The number of methoxy groups -OCH3 is 1. The third-order valence-electron chi connectivity index (χ3n) is 3.47. The average Bonchev–Trinajstić information content (AvgIpc) is 3.04. The molecule has 1 heterocycles. The van der Waals surface area contributed by atoms with Gasteiger partial charge in [0.25, 0.3) is 0 Å². The summed E-state index contributed by atoms with van der Waals surface area (Å²) in [4.78, 5) is 14.1. The van der Waals surface area contributed by atoms with Crippen molar-refractivity contribution in [1.82, 2.24) is 10.2 Å². The van der Waals surface area contributed by atoms with Gasteiger partial charge in [0.15, 0.2) is 0 Å². The highest BCUT2D eigenvalue weighted by Crippen LogP contribution is 2.11. The largest absolute Gasteiger partial charge is 0.467 e. The summed E-state index contributed by atoms with van der Waals surface area (Å²) in [5.74, 6) is 0.732. The third kappa shape index (κ3) is 4.63. The maximum atomic E-state index is 12.4. The number of carbonyl (C=O) groups is 1. The van der Waals surface area contributed by atoms with E-state index in [9.17, 15) is 4.79 Å². The summed E-state index contributed by atoms with van der Waals surface area (Å²) in [6, 6.07) is 11.6. The lowest BCUT2D eigenvalue weighted by Crippen LogP contribution is -2.41. The van der Waals surface area contributed by atoms with Crippen LogP contribution in [0.15, 0.2) is 47.1 Å². The molecule has 0 fully saturated rings. The number of benzene rings is 1. The van der Waals surface area contributed by atoms with Gasteiger partial charge in [0.1, 0.15) is 5.76 Å². The van der Waals surface area contributed by atoms with E-state index in [1.165, 1.54) is 5.56 Å². The molecular formula is C17H22N2O3. The molecule has 0 atom stereocenters. The number of urea groups is 1. The SMILES string of the molecule is COCCN(Cc1ccccc1C)C(=O)NCc1ccco1. The topological polar surface area (TPSA) is 54.7 Å². The highest BCUT2D eigenvalue weighted by atomic mass is 16.5. The van der Waals surface area contributed by atoms with Crippen LogP contribution in [-0.4, -0.2) is 31.2 Å². The van der Waals surface area contributed by atoms with Crippen LogP contribution in [-0.2, 0) is 17.8 Å². The predicted molar refractivity (Wildman–Crippen MR) is 84.4 cm³/mol. The van der Waals surface area contributed by atoms with E-state index in [0.29, 0.717) is 26.2 Å². The van der Waals surface area contributed by atoms with Gasteiger partial charge in [-0.2, -0.15) is 0 Å². The van der Waals surface area contributed by atoms with Gasteiger partial charge in [-0.25, -0.2) is 4.79 Å². The Labute approximate surface area is 130 Å². The Kier molecular flexibility index (Phi) is 6.03. The molecule has 0 bridgehead atoms. The molecule has 0 aliphatic rings. The molecule has 2 amide bonds. The van der Waals surface area contributed by atoms with Crippen LogP contribution in [0.25, 0.3) is 0 Å². The van der Waals surface area contributed by atoms with E-state index in [0.717, 1.165) is 11.3 Å². The second-order valence-corrected chi connectivity index (χ2v) is 5.08. The number of nitrogens with zero attached hydrogens (tertiary/aromatic N) is 1. The Morgan fingerprint density at radius 2 is 2.09 bits per heavy atom. The van der Waals surface area contributed by atoms with Crippen molar-refractivity contribution >= 4 is 6.03 Å². The molecule has 1 aromatic heterocycles. The van der Waals surface area contributed by atoms with Crippen molar-refractivity contribution < 1.29 is 13.9 Å². The van der Waals surface area contributed by atoms with Gasteiger partial charge in [0.2, 0.25) is 0 Å². The van der Waals surface area contributed by atoms with E-state index in [1.54, 1.807) is 24.3 Å². The molecule has 22 heavy (non-hydrogen) atoms. The minimum Gasteiger partial charge on any atom is -0.467 e. The molecule has 1 N–H and O–H groups in total. The van der Waals surface area contributed by atoms with Crippen LogP contribution in [0.4, 0.5) is 4.79 Å². The van der Waals surface area contributed by atoms with Gasteiger partial charge in [-0.1, -0.05) is 24.3 Å². The second-order valence-electron chi connectivity index (χ2n) is 5.08. The van der Waals surface area contributed by atoms with Crippen LogP contribution in [0.1, 0.15) is 16.9 Å². The van der Waals surface area contributed by atoms with E-state index < -0.39 is 0 Å². The summed E-state index contributed by atoms with van der Waals surface area (Å²) in [5, 5.41) is 2.87. The molecule has 2 rings (SSSR count). The fourth-order valence-corrected chi connectivity index (χ4v) is 2.13. The Hall–Kier alpha value is -2.27. The van der Waals surface area contributed by atoms with Crippen LogP contribution in [0, 0.1) is 6.92 Å². The molecule has 5 nitrogen and oxygen atoms in total. The van der Waals surface area contributed by atoms with Crippen molar-refractivity contribution in [3.05, 3.63) is 59.5 Å². The lowest BCUT2D eigenvalue weighted by Gasteiger charge is -2.23. The maximum absolute atomic E-state index is 12.4. The van der Waals surface area contributed by atoms with E-state index in [1.807, 2.05) is 37.3 Å². The number of rotatable bonds is 7. The summed E-state index contributed by atoms with van der Waals surface area (Å²) in [7, 11) is 1.63. The van der Waals surface area contributed by atoms with Gasteiger partial charge in [-0.05, 0) is 30.2 Å². The van der Waals surface area contributed by atoms with E-state index in [2.05, 4.69) is 5.32 Å². The molecule has 0 spiro atoms. The fourth-order valence-electron chi connectivity index (χ4n) is 2.13. The van der Waals surface area contributed by atoms with Crippen molar-refractivity contribution in [1.29, 1.82) is 0 Å². The maximum Gasteiger partial charge on any atom is 0.318 e.